The quantitative estimate of drug-likeness (QED) is 0.646. The minimum atomic E-state index is -0.0454. The van der Waals surface area contributed by atoms with Crippen molar-refractivity contribution in [1.29, 1.82) is 0 Å². The molecule has 0 bridgehead atoms. The summed E-state index contributed by atoms with van der Waals surface area (Å²) in [6, 6.07) is 1.91. The van der Waals surface area contributed by atoms with Crippen molar-refractivity contribution in [2.24, 2.45) is 0 Å². The molecule has 1 rings (SSSR count). The smallest absolute Gasteiger partial charge is 0.137 e. The van der Waals surface area contributed by atoms with Gasteiger partial charge < -0.3 is 10.1 Å². The molecule has 0 spiro atoms. The molecule has 0 saturated carbocycles. The second-order valence-electron chi connectivity index (χ2n) is 5.28. The summed E-state index contributed by atoms with van der Waals surface area (Å²) in [5, 5.41) is 3.32. The van der Waals surface area contributed by atoms with Crippen LogP contribution in [0.25, 0.3) is 0 Å². The molecule has 0 aromatic carbocycles. The molecule has 5 heteroatoms. The number of nitrogens with one attached hydrogen (secondary N) is 1. The molecule has 0 aliphatic heterocycles. The minimum absolute atomic E-state index is 0.0454. The van der Waals surface area contributed by atoms with Crippen LogP contribution in [0.2, 0.25) is 0 Å². The SMILES string of the molecule is COCCCCNc1cc(Br)nc(C(C)(C)C)n1. The van der Waals surface area contributed by atoms with Crippen LogP contribution in [-0.4, -0.2) is 30.2 Å². The maximum absolute atomic E-state index is 5.02. The number of unbranched alkanes of at least 4 members (excludes halogenated alkanes) is 1. The molecule has 1 N–H and O–H groups in total. The Morgan fingerprint density at radius 1 is 1.28 bits per heavy atom. The van der Waals surface area contributed by atoms with Crippen LogP contribution in [0.5, 0.6) is 0 Å². The van der Waals surface area contributed by atoms with Gasteiger partial charge in [0.15, 0.2) is 0 Å². The zero-order chi connectivity index (χ0) is 13.6. The summed E-state index contributed by atoms with van der Waals surface area (Å²) in [5.74, 6) is 1.72. The lowest BCUT2D eigenvalue weighted by molar-refractivity contribution is 0.194. The number of halogens is 1. The standard InChI is InChI=1S/C13H22BrN3O/c1-13(2,3)12-16-10(14)9-11(17-12)15-7-5-6-8-18-4/h9H,5-8H2,1-4H3,(H,15,16,17). The van der Waals surface area contributed by atoms with Gasteiger partial charge in [0, 0.05) is 31.7 Å². The van der Waals surface area contributed by atoms with Gasteiger partial charge in [-0.05, 0) is 28.8 Å². The summed E-state index contributed by atoms with van der Waals surface area (Å²) in [6.07, 6.45) is 2.13. The van der Waals surface area contributed by atoms with Gasteiger partial charge in [-0.3, -0.25) is 0 Å². The molecular weight excluding hydrogens is 294 g/mol. The maximum atomic E-state index is 5.02. The second kappa shape index (κ2) is 7.04. The largest absolute Gasteiger partial charge is 0.385 e. The first-order valence-corrected chi connectivity index (χ1v) is 7.00. The maximum Gasteiger partial charge on any atom is 0.137 e. The number of ether oxygens (including phenoxy) is 1. The highest BCUT2D eigenvalue weighted by atomic mass is 79.9. The Morgan fingerprint density at radius 2 is 2.00 bits per heavy atom. The lowest BCUT2D eigenvalue weighted by atomic mass is 9.96. The molecule has 0 aliphatic rings. The molecule has 18 heavy (non-hydrogen) atoms. The van der Waals surface area contributed by atoms with E-state index >= 15 is 0 Å². The third-order valence-corrected chi connectivity index (χ3v) is 2.85. The normalized spacial score (nSPS) is 11.6. The van der Waals surface area contributed by atoms with E-state index in [0.29, 0.717) is 0 Å². The molecule has 0 unspecified atom stereocenters. The Labute approximate surface area is 118 Å². The van der Waals surface area contributed by atoms with E-state index in [1.54, 1.807) is 7.11 Å². The molecule has 1 heterocycles. The number of hydrogen-bond acceptors (Lipinski definition) is 4. The number of hydrogen-bond donors (Lipinski definition) is 1. The Morgan fingerprint density at radius 3 is 2.61 bits per heavy atom. The fraction of sp³-hybridized carbons (Fsp3) is 0.692. The number of rotatable bonds is 6. The summed E-state index contributed by atoms with van der Waals surface area (Å²) in [6.45, 7) is 8.03. The molecule has 1 aromatic heterocycles. The highest BCUT2D eigenvalue weighted by molar-refractivity contribution is 9.10. The van der Waals surface area contributed by atoms with Crippen LogP contribution in [0.3, 0.4) is 0 Å². The topological polar surface area (TPSA) is 47.0 Å². The van der Waals surface area contributed by atoms with Crippen LogP contribution in [0.4, 0.5) is 5.82 Å². The van der Waals surface area contributed by atoms with Gasteiger partial charge >= 0.3 is 0 Å². The molecule has 4 nitrogen and oxygen atoms in total. The van der Waals surface area contributed by atoms with Crippen molar-refractivity contribution in [1.82, 2.24) is 9.97 Å². The highest BCUT2D eigenvalue weighted by Crippen LogP contribution is 2.22. The van der Waals surface area contributed by atoms with Crippen molar-refractivity contribution in [3.8, 4) is 0 Å². The number of anilines is 1. The molecule has 0 fully saturated rings. The van der Waals surface area contributed by atoms with E-state index in [4.69, 9.17) is 4.74 Å². The van der Waals surface area contributed by atoms with Crippen LogP contribution in [0, 0.1) is 0 Å². The van der Waals surface area contributed by atoms with Gasteiger partial charge in [0.05, 0.1) is 0 Å². The lowest BCUT2D eigenvalue weighted by Crippen LogP contribution is -2.17. The van der Waals surface area contributed by atoms with E-state index in [1.165, 1.54) is 0 Å². The Bertz CT molecular complexity index is 377. The average Bonchev–Trinajstić information content (AvgIpc) is 2.27. The Kier molecular flexibility index (Phi) is 6.02. The highest BCUT2D eigenvalue weighted by Gasteiger charge is 2.18. The zero-order valence-corrected chi connectivity index (χ0v) is 13.2. The van der Waals surface area contributed by atoms with Crippen LogP contribution in [0.15, 0.2) is 10.7 Å². The fourth-order valence-corrected chi connectivity index (χ4v) is 1.82. The molecule has 0 aliphatic carbocycles. The summed E-state index contributed by atoms with van der Waals surface area (Å²) < 4.78 is 5.84. The summed E-state index contributed by atoms with van der Waals surface area (Å²) in [7, 11) is 1.73. The molecule has 0 amide bonds. The number of methoxy groups -OCH3 is 1. The lowest BCUT2D eigenvalue weighted by Gasteiger charge is -2.17. The summed E-state index contributed by atoms with van der Waals surface area (Å²) >= 11 is 3.43. The van der Waals surface area contributed by atoms with E-state index < -0.39 is 0 Å². The van der Waals surface area contributed by atoms with E-state index in [2.05, 4.69) is 52.0 Å². The summed E-state index contributed by atoms with van der Waals surface area (Å²) in [4.78, 5) is 8.95. The van der Waals surface area contributed by atoms with E-state index in [9.17, 15) is 0 Å². The van der Waals surface area contributed by atoms with E-state index in [-0.39, 0.29) is 5.41 Å². The van der Waals surface area contributed by atoms with Gasteiger partial charge in [-0.1, -0.05) is 20.8 Å². The van der Waals surface area contributed by atoms with Crippen molar-refractivity contribution in [2.45, 2.75) is 39.0 Å². The van der Waals surface area contributed by atoms with Crippen molar-refractivity contribution < 1.29 is 4.74 Å². The van der Waals surface area contributed by atoms with Crippen LogP contribution >= 0.6 is 15.9 Å². The third kappa shape index (κ3) is 5.31. The first-order chi connectivity index (χ1) is 8.43. The fourth-order valence-electron chi connectivity index (χ4n) is 1.43. The summed E-state index contributed by atoms with van der Waals surface area (Å²) in [5.41, 5.74) is -0.0454. The first-order valence-electron chi connectivity index (χ1n) is 6.21. The molecule has 0 saturated heterocycles. The molecule has 1 aromatic rings. The number of aromatic nitrogens is 2. The van der Waals surface area contributed by atoms with Crippen LogP contribution in [-0.2, 0) is 10.2 Å². The minimum Gasteiger partial charge on any atom is -0.385 e. The van der Waals surface area contributed by atoms with Crippen molar-refractivity contribution in [2.75, 3.05) is 25.6 Å². The van der Waals surface area contributed by atoms with E-state index in [0.717, 1.165) is 42.2 Å². The van der Waals surface area contributed by atoms with Crippen molar-refractivity contribution >= 4 is 21.7 Å². The van der Waals surface area contributed by atoms with Gasteiger partial charge in [-0.25, -0.2) is 9.97 Å². The number of nitrogens with zero attached hydrogens (tertiary/aromatic N) is 2. The van der Waals surface area contributed by atoms with Crippen LogP contribution < -0.4 is 5.32 Å². The van der Waals surface area contributed by atoms with Crippen molar-refractivity contribution in [3.05, 3.63) is 16.5 Å². The monoisotopic (exact) mass is 315 g/mol. The molecular formula is C13H22BrN3O. The molecule has 0 radical (unpaired) electrons. The predicted octanol–water partition coefficient (Wildman–Crippen LogP) is 3.38. The average molecular weight is 316 g/mol. The van der Waals surface area contributed by atoms with Gasteiger partial charge in [-0.2, -0.15) is 0 Å². The van der Waals surface area contributed by atoms with Gasteiger partial charge in [0.2, 0.25) is 0 Å². The third-order valence-electron chi connectivity index (χ3n) is 2.45. The molecule has 102 valence electrons. The first kappa shape index (κ1) is 15.4. The van der Waals surface area contributed by atoms with Gasteiger partial charge in [0.25, 0.3) is 0 Å². The second-order valence-corrected chi connectivity index (χ2v) is 6.09. The van der Waals surface area contributed by atoms with E-state index in [1.807, 2.05) is 6.07 Å². The van der Waals surface area contributed by atoms with Gasteiger partial charge in [0.1, 0.15) is 16.2 Å². The van der Waals surface area contributed by atoms with Crippen molar-refractivity contribution in [3.63, 3.8) is 0 Å². The Hall–Kier alpha value is -0.680. The predicted molar refractivity (Wildman–Crippen MR) is 78.0 cm³/mol. The molecule has 0 atom stereocenters. The van der Waals surface area contributed by atoms with Gasteiger partial charge in [-0.15, -0.1) is 0 Å². The van der Waals surface area contributed by atoms with Crippen LogP contribution in [0.1, 0.15) is 39.4 Å². The zero-order valence-electron chi connectivity index (χ0n) is 11.6. The Balaban J connectivity index is 2.58.